The molecule has 0 heterocycles. The van der Waals surface area contributed by atoms with E-state index in [2.05, 4.69) is 11.4 Å². The molecule has 0 saturated heterocycles. The third-order valence-corrected chi connectivity index (χ3v) is 3.56. The van der Waals surface area contributed by atoms with Crippen LogP contribution in [0.15, 0.2) is 0 Å². The number of hydrogen-bond acceptors (Lipinski definition) is 3. The van der Waals surface area contributed by atoms with Crippen molar-refractivity contribution in [3.05, 3.63) is 0 Å². The number of nitrogens with one attached hydrogen (secondary N) is 1. The van der Waals surface area contributed by atoms with Crippen LogP contribution in [0.25, 0.3) is 0 Å². The van der Waals surface area contributed by atoms with Gasteiger partial charge in [-0.2, -0.15) is 18.4 Å². The van der Waals surface area contributed by atoms with Crippen molar-refractivity contribution in [2.24, 2.45) is 0 Å². The second-order valence-electron chi connectivity index (χ2n) is 5.77. The second-order valence-corrected chi connectivity index (χ2v) is 5.77. The number of alkyl halides is 3. The van der Waals surface area contributed by atoms with Crippen LogP contribution in [0.2, 0.25) is 0 Å². The smallest absolute Gasteiger partial charge is 0.297 e. The molecule has 1 rings (SSSR count). The summed E-state index contributed by atoms with van der Waals surface area (Å²) in [4.78, 5) is 1.33. The first-order valence-electron chi connectivity index (χ1n) is 6.63. The van der Waals surface area contributed by atoms with E-state index in [9.17, 15) is 18.4 Å². The van der Waals surface area contributed by atoms with Crippen LogP contribution in [0.5, 0.6) is 0 Å². The summed E-state index contributed by atoms with van der Waals surface area (Å²) < 4.78 is 37.3. The van der Waals surface area contributed by atoms with Crippen LogP contribution in [0.1, 0.15) is 39.5 Å². The highest BCUT2D eigenvalue weighted by molar-refractivity contribution is 5.11. The zero-order valence-corrected chi connectivity index (χ0v) is 11.7. The summed E-state index contributed by atoms with van der Waals surface area (Å²) in [6, 6.07) is 2.23. The average molecular weight is 277 g/mol. The Morgan fingerprint density at radius 1 is 1.47 bits per heavy atom. The first-order valence-corrected chi connectivity index (χ1v) is 6.63. The second kappa shape index (κ2) is 6.10. The molecule has 2 atom stereocenters. The lowest BCUT2D eigenvalue weighted by molar-refractivity contribution is -0.149. The van der Waals surface area contributed by atoms with E-state index in [1.54, 1.807) is 0 Å². The molecule has 0 bridgehead atoms. The Morgan fingerprint density at radius 3 is 2.58 bits per heavy atom. The van der Waals surface area contributed by atoms with Crippen LogP contribution in [0, 0.1) is 11.3 Å². The Morgan fingerprint density at radius 2 is 2.11 bits per heavy atom. The molecule has 0 aliphatic heterocycles. The topological polar surface area (TPSA) is 39.1 Å². The fourth-order valence-corrected chi connectivity index (χ4v) is 2.85. The van der Waals surface area contributed by atoms with Gasteiger partial charge in [0, 0.05) is 12.1 Å². The number of rotatable bonds is 4. The minimum Gasteiger partial charge on any atom is -0.297 e. The van der Waals surface area contributed by atoms with E-state index in [-0.39, 0.29) is 12.1 Å². The maximum atomic E-state index is 12.4. The molecule has 0 aromatic carbocycles. The highest BCUT2D eigenvalue weighted by atomic mass is 19.4. The quantitative estimate of drug-likeness (QED) is 0.858. The van der Waals surface area contributed by atoms with Gasteiger partial charge in [-0.25, -0.2) is 0 Å². The van der Waals surface area contributed by atoms with Gasteiger partial charge in [0.1, 0.15) is 5.54 Å². The summed E-state index contributed by atoms with van der Waals surface area (Å²) in [5.41, 5.74) is -0.684. The molecule has 3 nitrogen and oxygen atoms in total. The monoisotopic (exact) mass is 277 g/mol. The fourth-order valence-electron chi connectivity index (χ4n) is 2.85. The van der Waals surface area contributed by atoms with Gasteiger partial charge < -0.3 is 0 Å². The lowest BCUT2D eigenvalue weighted by Crippen LogP contribution is -2.55. The Bertz CT molecular complexity index is 335. The van der Waals surface area contributed by atoms with Crippen LogP contribution >= 0.6 is 0 Å². The van der Waals surface area contributed by atoms with Gasteiger partial charge in [0.15, 0.2) is 0 Å². The molecular formula is C13H22F3N3. The van der Waals surface area contributed by atoms with Crippen LogP contribution in [0.4, 0.5) is 13.2 Å². The zero-order chi connectivity index (χ0) is 14.7. The van der Waals surface area contributed by atoms with Gasteiger partial charge in [-0.15, -0.1) is 0 Å². The maximum absolute atomic E-state index is 12.4. The summed E-state index contributed by atoms with van der Waals surface area (Å²) in [6.45, 7) is 2.98. The van der Waals surface area contributed by atoms with Crippen molar-refractivity contribution < 1.29 is 13.2 Å². The minimum absolute atomic E-state index is 0.145. The molecule has 0 amide bonds. The molecule has 19 heavy (non-hydrogen) atoms. The summed E-state index contributed by atoms with van der Waals surface area (Å²) in [7, 11) is 1.49. The first-order chi connectivity index (χ1) is 8.67. The van der Waals surface area contributed by atoms with E-state index < -0.39 is 18.3 Å². The molecule has 1 saturated carbocycles. The van der Waals surface area contributed by atoms with Crippen molar-refractivity contribution in [3.63, 3.8) is 0 Å². The molecule has 1 aliphatic carbocycles. The number of nitrogens with zero attached hydrogens (tertiary/aromatic N) is 2. The van der Waals surface area contributed by atoms with Gasteiger partial charge in [0.2, 0.25) is 0 Å². The lowest BCUT2D eigenvalue weighted by Gasteiger charge is -2.41. The third kappa shape index (κ3) is 5.00. The highest BCUT2D eigenvalue weighted by Gasteiger charge is 2.40. The van der Waals surface area contributed by atoms with E-state index in [1.807, 2.05) is 13.8 Å². The molecule has 0 aromatic rings. The van der Waals surface area contributed by atoms with Crippen LogP contribution in [-0.2, 0) is 0 Å². The molecule has 6 heteroatoms. The van der Waals surface area contributed by atoms with E-state index in [0.29, 0.717) is 12.8 Å². The SMILES string of the molecule is CC(C)NC1(C#N)CCCC(N(C)CC(F)(F)F)C1. The fraction of sp³-hybridized carbons (Fsp3) is 0.923. The van der Waals surface area contributed by atoms with Crippen LogP contribution in [0.3, 0.4) is 0 Å². The van der Waals surface area contributed by atoms with E-state index >= 15 is 0 Å². The first kappa shape index (κ1) is 16.3. The van der Waals surface area contributed by atoms with Gasteiger partial charge in [-0.05, 0) is 46.6 Å². The third-order valence-electron chi connectivity index (χ3n) is 3.56. The van der Waals surface area contributed by atoms with Gasteiger partial charge in [0.05, 0.1) is 12.6 Å². The molecule has 2 unspecified atom stereocenters. The standard InChI is InChI=1S/C13H22F3N3/c1-10(2)18-12(8-17)6-4-5-11(7-12)19(3)9-13(14,15)16/h10-11,18H,4-7,9H2,1-3H3. The Labute approximate surface area is 112 Å². The van der Waals surface area contributed by atoms with E-state index in [4.69, 9.17) is 0 Å². The normalized spacial score (nSPS) is 28.7. The van der Waals surface area contributed by atoms with Crippen molar-refractivity contribution in [2.75, 3.05) is 13.6 Å². The molecule has 0 spiro atoms. The maximum Gasteiger partial charge on any atom is 0.401 e. The molecule has 110 valence electrons. The Kier molecular flexibility index (Phi) is 5.22. The van der Waals surface area contributed by atoms with Crippen LogP contribution < -0.4 is 5.32 Å². The van der Waals surface area contributed by atoms with Crippen molar-refractivity contribution >= 4 is 0 Å². The van der Waals surface area contributed by atoms with Gasteiger partial charge in [0.25, 0.3) is 0 Å². The lowest BCUT2D eigenvalue weighted by atomic mass is 9.79. The van der Waals surface area contributed by atoms with E-state index in [0.717, 1.165) is 12.8 Å². The van der Waals surface area contributed by atoms with Crippen molar-refractivity contribution in [3.8, 4) is 6.07 Å². The zero-order valence-electron chi connectivity index (χ0n) is 11.7. The average Bonchev–Trinajstić information content (AvgIpc) is 2.26. The summed E-state index contributed by atoms with van der Waals surface area (Å²) in [5.74, 6) is 0. The largest absolute Gasteiger partial charge is 0.401 e. The van der Waals surface area contributed by atoms with Gasteiger partial charge >= 0.3 is 6.18 Å². The minimum atomic E-state index is -4.19. The summed E-state index contributed by atoms with van der Waals surface area (Å²) in [5, 5.41) is 12.6. The molecule has 1 aliphatic rings. The Hall–Kier alpha value is -0.800. The van der Waals surface area contributed by atoms with Crippen molar-refractivity contribution in [2.45, 2.75) is 63.3 Å². The Balaban J connectivity index is 2.70. The molecule has 1 fully saturated rings. The number of nitriles is 1. The molecular weight excluding hydrogens is 255 g/mol. The predicted octanol–water partition coefficient (Wildman–Crippen LogP) is 2.68. The van der Waals surface area contributed by atoms with Gasteiger partial charge in [-0.3, -0.25) is 10.2 Å². The number of hydrogen-bond donors (Lipinski definition) is 1. The molecule has 1 N–H and O–H groups in total. The van der Waals surface area contributed by atoms with Crippen LogP contribution in [-0.4, -0.2) is 42.3 Å². The summed E-state index contributed by atoms with van der Waals surface area (Å²) >= 11 is 0. The number of halogens is 3. The van der Waals surface area contributed by atoms with Gasteiger partial charge in [-0.1, -0.05) is 0 Å². The predicted molar refractivity (Wildman–Crippen MR) is 67.6 cm³/mol. The molecule has 0 aromatic heterocycles. The van der Waals surface area contributed by atoms with Crippen molar-refractivity contribution in [1.82, 2.24) is 10.2 Å². The summed E-state index contributed by atoms with van der Waals surface area (Å²) in [6.07, 6.45) is -1.53. The van der Waals surface area contributed by atoms with E-state index in [1.165, 1.54) is 11.9 Å². The molecule has 0 radical (unpaired) electrons. The van der Waals surface area contributed by atoms with Crippen molar-refractivity contribution in [1.29, 1.82) is 5.26 Å². The highest BCUT2D eigenvalue weighted by Crippen LogP contribution is 2.32.